The molecule has 3 fully saturated rings. The first-order valence-electron chi connectivity index (χ1n) is 13.9. The molecular weight excluding hydrogens is 500 g/mol. The van der Waals surface area contributed by atoms with Gasteiger partial charge in [0, 0.05) is 17.3 Å². The lowest BCUT2D eigenvalue weighted by Gasteiger charge is -2.41. The molecule has 8 heteroatoms. The number of aliphatic hydroxyl groups is 1. The summed E-state index contributed by atoms with van der Waals surface area (Å²) in [5.74, 6) is -1.97. The standard InChI is InChI=1S/C30H42N2O5S/c1-6-12-20(4)31(17-7-2)27(35)25-30-16-15-29(5,38-30)24(28(36)37-8-3)23(30)26(34)32(25)22(19-33)18-21-13-10-9-11-14-21/h7,9-11,13-14,20,22-25,33H,2,6,8,12,15-19H2,1,3-5H3/t20?,22-,23+,24-,25?,29+,30?/m1/s1. The van der Waals surface area contributed by atoms with Crippen LogP contribution < -0.4 is 0 Å². The van der Waals surface area contributed by atoms with E-state index in [4.69, 9.17) is 4.74 Å². The van der Waals surface area contributed by atoms with E-state index >= 15 is 0 Å². The van der Waals surface area contributed by atoms with Gasteiger partial charge in [-0.3, -0.25) is 14.4 Å². The molecule has 3 heterocycles. The quantitative estimate of drug-likeness (QED) is 0.319. The summed E-state index contributed by atoms with van der Waals surface area (Å²) in [6.07, 6.45) is 5.32. The zero-order valence-corrected chi connectivity index (χ0v) is 23.9. The van der Waals surface area contributed by atoms with Crippen LogP contribution in [0.2, 0.25) is 0 Å². The summed E-state index contributed by atoms with van der Waals surface area (Å²) < 4.78 is 4.28. The minimum absolute atomic E-state index is 0.0281. The van der Waals surface area contributed by atoms with Crippen molar-refractivity contribution in [1.82, 2.24) is 9.80 Å². The number of ether oxygens (including phenoxy) is 1. The number of fused-ring (bicyclic) bond motifs is 1. The molecule has 3 aliphatic heterocycles. The Bertz CT molecular complexity index is 1050. The van der Waals surface area contributed by atoms with Gasteiger partial charge >= 0.3 is 5.97 Å². The smallest absolute Gasteiger partial charge is 0.311 e. The predicted octanol–water partition coefficient (Wildman–Crippen LogP) is 3.84. The van der Waals surface area contributed by atoms with Crippen LogP contribution in [-0.4, -0.2) is 80.1 Å². The van der Waals surface area contributed by atoms with Gasteiger partial charge in [-0.1, -0.05) is 49.8 Å². The van der Waals surface area contributed by atoms with Crippen molar-refractivity contribution in [2.75, 3.05) is 19.8 Å². The van der Waals surface area contributed by atoms with Crippen molar-refractivity contribution in [3.63, 3.8) is 0 Å². The number of carbonyl (C=O) groups is 3. The maximum Gasteiger partial charge on any atom is 0.311 e. The Balaban J connectivity index is 1.82. The minimum atomic E-state index is -0.772. The first-order chi connectivity index (χ1) is 18.2. The summed E-state index contributed by atoms with van der Waals surface area (Å²) in [5.41, 5.74) is 0.980. The zero-order valence-electron chi connectivity index (χ0n) is 23.1. The monoisotopic (exact) mass is 542 g/mol. The highest BCUT2D eigenvalue weighted by molar-refractivity contribution is 8.02. The topological polar surface area (TPSA) is 87.2 Å². The number of esters is 1. The number of rotatable bonds is 12. The summed E-state index contributed by atoms with van der Waals surface area (Å²) >= 11 is 1.63. The van der Waals surface area contributed by atoms with Gasteiger partial charge in [0.15, 0.2) is 0 Å². The van der Waals surface area contributed by atoms with E-state index in [0.717, 1.165) is 24.8 Å². The van der Waals surface area contributed by atoms with Gasteiger partial charge in [0.1, 0.15) is 6.04 Å². The lowest BCUT2D eigenvalue weighted by molar-refractivity contribution is -0.155. The van der Waals surface area contributed by atoms with E-state index in [0.29, 0.717) is 19.4 Å². The third-order valence-electron chi connectivity index (χ3n) is 8.75. The third-order valence-corrected chi connectivity index (χ3v) is 10.7. The normalized spacial score (nSPS) is 31.1. The SMILES string of the molecule is C=CCN(C(=O)C1N([C@@H](CO)Cc2ccccc2)C(=O)[C@@H]2[C@H](C(=O)OCC)[C@]3(C)CCC12S3)C(C)CCC. The molecule has 0 radical (unpaired) electrons. The van der Waals surface area contributed by atoms with Crippen molar-refractivity contribution in [1.29, 1.82) is 0 Å². The number of thioether (sulfide) groups is 1. The Morgan fingerprint density at radius 3 is 2.61 bits per heavy atom. The Morgan fingerprint density at radius 1 is 1.29 bits per heavy atom. The molecule has 1 aromatic rings. The van der Waals surface area contributed by atoms with Gasteiger partial charge in [-0.25, -0.2) is 0 Å². The molecule has 4 rings (SSSR count). The molecule has 1 spiro atoms. The first kappa shape index (κ1) is 28.7. The van der Waals surface area contributed by atoms with Crippen molar-refractivity contribution >= 4 is 29.5 Å². The summed E-state index contributed by atoms with van der Waals surface area (Å²) in [6, 6.07) is 8.34. The van der Waals surface area contributed by atoms with E-state index in [-0.39, 0.29) is 37.0 Å². The lowest BCUT2D eigenvalue weighted by atomic mass is 9.66. The summed E-state index contributed by atoms with van der Waals surface area (Å²) in [7, 11) is 0. The second-order valence-corrected chi connectivity index (χ2v) is 13.1. The van der Waals surface area contributed by atoms with Crippen LogP contribution in [-0.2, 0) is 25.5 Å². The minimum Gasteiger partial charge on any atom is -0.466 e. The molecule has 0 saturated carbocycles. The Kier molecular flexibility index (Phi) is 8.62. The number of benzene rings is 1. The van der Waals surface area contributed by atoms with Gasteiger partial charge in [-0.2, -0.15) is 0 Å². The fraction of sp³-hybridized carbons (Fsp3) is 0.633. The van der Waals surface area contributed by atoms with Crippen LogP contribution in [0.3, 0.4) is 0 Å². The van der Waals surface area contributed by atoms with Crippen LogP contribution in [0.4, 0.5) is 0 Å². The molecule has 2 amide bonds. The van der Waals surface area contributed by atoms with Crippen LogP contribution >= 0.6 is 11.8 Å². The molecule has 2 bridgehead atoms. The van der Waals surface area contributed by atoms with E-state index in [1.165, 1.54) is 0 Å². The molecule has 3 aliphatic rings. The van der Waals surface area contributed by atoms with Crippen molar-refractivity contribution in [2.24, 2.45) is 11.8 Å². The molecule has 7 nitrogen and oxygen atoms in total. The molecule has 0 aliphatic carbocycles. The highest BCUT2D eigenvalue weighted by Gasteiger charge is 2.78. The van der Waals surface area contributed by atoms with Crippen LogP contribution in [0.5, 0.6) is 0 Å². The van der Waals surface area contributed by atoms with Gasteiger partial charge in [0.05, 0.1) is 35.8 Å². The van der Waals surface area contributed by atoms with E-state index in [2.05, 4.69) is 13.5 Å². The van der Waals surface area contributed by atoms with Gasteiger partial charge in [-0.05, 0) is 52.0 Å². The Hall–Kier alpha value is -2.32. The van der Waals surface area contributed by atoms with Gasteiger partial charge in [-0.15, -0.1) is 18.3 Å². The van der Waals surface area contributed by atoms with Crippen molar-refractivity contribution in [2.45, 2.75) is 87.4 Å². The number of hydrogen-bond donors (Lipinski definition) is 1. The van der Waals surface area contributed by atoms with Crippen LogP contribution in [0.25, 0.3) is 0 Å². The van der Waals surface area contributed by atoms with Gasteiger partial charge < -0.3 is 19.6 Å². The maximum atomic E-state index is 14.6. The van der Waals surface area contributed by atoms with E-state index < -0.39 is 33.4 Å². The van der Waals surface area contributed by atoms with E-state index in [1.807, 2.05) is 49.1 Å². The molecule has 0 aromatic heterocycles. The fourth-order valence-electron chi connectivity index (χ4n) is 7.12. The first-order valence-corrected chi connectivity index (χ1v) is 14.8. The molecular formula is C30H42N2O5S. The maximum absolute atomic E-state index is 14.6. The van der Waals surface area contributed by atoms with Crippen molar-refractivity contribution in [3.8, 4) is 0 Å². The second kappa shape index (κ2) is 11.4. The number of likely N-dealkylation sites (tertiary alicyclic amines) is 1. The van der Waals surface area contributed by atoms with Crippen molar-refractivity contribution in [3.05, 3.63) is 48.6 Å². The van der Waals surface area contributed by atoms with Gasteiger partial charge in [0.2, 0.25) is 11.8 Å². The summed E-state index contributed by atoms with van der Waals surface area (Å²) in [6.45, 7) is 12.2. The number of hydrogen-bond acceptors (Lipinski definition) is 6. The lowest BCUT2D eigenvalue weighted by Crippen LogP contribution is -2.59. The fourth-order valence-corrected chi connectivity index (χ4v) is 9.45. The molecule has 1 N–H and O–H groups in total. The number of amides is 2. The second-order valence-electron chi connectivity index (χ2n) is 11.2. The zero-order chi connectivity index (χ0) is 27.7. The Morgan fingerprint density at radius 2 is 2.00 bits per heavy atom. The predicted molar refractivity (Wildman–Crippen MR) is 150 cm³/mol. The highest BCUT2D eigenvalue weighted by atomic mass is 32.2. The highest BCUT2D eigenvalue weighted by Crippen LogP contribution is 2.71. The average Bonchev–Trinajstić information content (AvgIpc) is 3.47. The molecule has 3 saturated heterocycles. The molecule has 3 unspecified atom stereocenters. The van der Waals surface area contributed by atoms with Crippen molar-refractivity contribution < 1.29 is 24.2 Å². The number of carbonyl (C=O) groups excluding carboxylic acids is 3. The molecule has 7 atom stereocenters. The van der Waals surface area contributed by atoms with E-state index in [9.17, 15) is 19.5 Å². The number of nitrogens with zero attached hydrogens (tertiary/aromatic N) is 2. The number of aliphatic hydroxyl groups excluding tert-OH is 1. The third kappa shape index (κ3) is 4.68. The van der Waals surface area contributed by atoms with Crippen LogP contribution in [0, 0.1) is 11.8 Å². The van der Waals surface area contributed by atoms with Crippen LogP contribution in [0.1, 0.15) is 58.9 Å². The molecule has 208 valence electrons. The largest absolute Gasteiger partial charge is 0.466 e. The van der Waals surface area contributed by atoms with Crippen LogP contribution in [0.15, 0.2) is 43.0 Å². The Labute approximate surface area is 231 Å². The molecule has 1 aromatic carbocycles. The summed E-state index contributed by atoms with van der Waals surface area (Å²) in [5, 5.41) is 10.6. The van der Waals surface area contributed by atoms with E-state index in [1.54, 1.807) is 29.7 Å². The average molecular weight is 543 g/mol. The molecule has 38 heavy (non-hydrogen) atoms. The van der Waals surface area contributed by atoms with Gasteiger partial charge in [0.25, 0.3) is 0 Å². The summed E-state index contributed by atoms with van der Waals surface area (Å²) in [4.78, 5) is 45.8.